The Morgan fingerprint density at radius 2 is 1.91 bits per heavy atom. The van der Waals surface area contributed by atoms with Crippen molar-refractivity contribution in [2.24, 2.45) is 16.7 Å². The standard InChI is InChI=1S/C25H26N2O6/c1-23(2,3)12-15(20(28)29)26-21(30)24-18(17-10-7-11-32-17)19(24)25(24,26)27-16(13-33-22(27)31)14-8-5-4-6-9-14/h4-11,15-16,18-19H,12-13H2,1-3H3,(H,28,29)/t15-,16-,18?,19+,24+,25-/m0/s1. The number of amides is 2. The maximum absolute atomic E-state index is 13.7. The summed E-state index contributed by atoms with van der Waals surface area (Å²) < 4.78 is 11.1. The third-order valence-corrected chi connectivity index (χ3v) is 7.78. The normalized spacial score (nSPS) is 34.8. The zero-order valence-corrected chi connectivity index (χ0v) is 18.7. The van der Waals surface area contributed by atoms with Crippen LogP contribution >= 0.6 is 0 Å². The molecule has 8 heteroatoms. The van der Waals surface area contributed by atoms with Gasteiger partial charge in [0.05, 0.1) is 12.3 Å². The predicted molar refractivity (Wildman–Crippen MR) is 115 cm³/mol. The van der Waals surface area contributed by atoms with E-state index >= 15 is 0 Å². The number of fused-ring (bicyclic) bond motifs is 1. The first-order valence-electron chi connectivity index (χ1n) is 11.3. The van der Waals surface area contributed by atoms with Crippen molar-refractivity contribution < 1.29 is 28.6 Å². The molecule has 2 amide bonds. The average molecular weight is 450 g/mol. The number of carboxylic acid groups (broad SMARTS) is 1. The van der Waals surface area contributed by atoms with Crippen LogP contribution in [0.15, 0.2) is 53.1 Å². The van der Waals surface area contributed by atoms with Crippen LogP contribution in [0.3, 0.4) is 0 Å². The van der Waals surface area contributed by atoms with Crippen LogP contribution in [-0.2, 0) is 14.3 Å². The van der Waals surface area contributed by atoms with Crippen molar-refractivity contribution >= 4 is 18.0 Å². The smallest absolute Gasteiger partial charge is 0.412 e. The van der Waals surface area contributed by atoms with Gasteiger partial charge in [-0.25, -0.2) is 9.59 Å². The fraction of sp³-hybridized carbons (Fsp3) is 0.480. The van der Waals surface area contributed by atoms with Gasteiger partial charge in [0.15, 0.2) is 0 Å². The first-order chi connectivity index (χ1) is 15.7. The maximum atomic E-state index is 13.7. The molecular weight excluding hydrogens is 424 g/mol. The second-order valence-electron chi connectivity index (χ2n) is 10.7. The molecule has 33 heavy (non-hydrogen) atoms. The van der Waals surface area contributed by atoms with E-state index in [-0.39, 0.29) is 42.2 Å². The average Bonchev–Trinajstić information content (AvgIpc) is 3.35. The lowest BCUT2D eigenvalue weighted by molar-refractivity contribution is -0.190. The van der Waals surface area contributed by atoms with Crippen LogP contribution in [0.5, 0.6) is 0 Å². The van der Waals surface area contributed by atoms with Crippen molar-refractivity contribution in [3.05, 3.63) is 60.1 Å². The summed E-state index contributed by atoms with van der Waals surface area (Å²) >= 11 is 0. The van der Waals surface area contributed by atoms with E-state index in [1.807, 2.05) is 57.2 Å². The SMILES string of the molecule is CC(C)(C)C[C@@H](C(=O)O)N1C(=O)[C@@]23C(c4ccco4)[C@H]2[C@@]13N1C(=O)OC[C@H]1c1ccccc1. The van der Waals surface area contributed by atoms with E-state index in [0.29, 0.717) is 5.76 Å². The van der Waals surface area contributed by atoms with Crippen LogP contribution in [-0.4, -0.2) is 51.2 Å². The molecule has 0 bridgehead atoms. The number of carbonyl (C=O) groups excluding carboxylic acids is 2. The van der Waals surface area contributed by atoms with Crippen molar-refractivity contribution in [2.75, 3.05) is 6.61 Å². The van der Waals surface area contributed by atoms with Crippen LogP contribution < -0.4 is 0 Å². The number of furan rings is 1. The maximum Gasteiger partial charge on any atom is 0.412 e. The molecule has 2 saturated heterocycles. The number of carbonyl (C=O) groups is 3. The van der Waals surface area contributed by atoms with Gasteiger partial charge in [-0.1, -0.05) is 51.1 Å². The van der Waals surface area contributed by atoms with E-state index in [0.717, 1.165) is 5.56 Å². The number of aliphatic carboxylic acids is 1. The molecule has 4 fully saturated rings. The van der Waals surface area contributed by atoms with Gasteiger partial charge >= 0.3 is 12.1 Å². The van der Waals surface area contributed by atoms with E-state index in [1.54, 1.807) is 17.2 Å². The fourth-order valence-corrected chi connectivity index (χ4v) is 6.61. The number of benzene rings is 1. The number of likely N-dealkylation sites (tertiary alicyclic amines) is 1. The molecule has 1 unspecified atom stereocenters. The molecule has 4 aliphatic rings. The number of rotatable bonds is 6. The summed E-state index contributed by atoms with van der Waals surface area (Å²) in [4.78, 5) is 42.3. The minimum atomic E-state index is -1.06. The number of nitrogens with zero attached hydrogens (tertiary/aromatic N) is 2. The van der Waals surface area contributed by atoms with Crippen LogP contribution in [0.4, 0.5) is 4.79 Å². The van der Waals surface area contributed by atoms with Crippen molar-refractivity contribution in [1.29, 1.82) is 0 Å². The number of piperidine rings is 1. The molecule has 2 aliphatic carbocycles. The molecule has 6 rings (SSSR count). The van der Waals surface area contributed by atoms with Crippen LogP contribution in [0, 0.1) is 16.7 Å². The molecular formula is C25H26N2O6. The summed E-state index contributed by atoms with van der Waals surface area (Å²) in [6, 6.07) is 11.7. The Hall–Kier alpha value is -3.29. The molecule has 6 atom stereocenters. The summed E-state index contributed by atoms with van der Waals surface area (Å²) in [6.45, 7) is 6.02. The Bertz CT molecular complexity index is 1160. The van der Waals surface area contributed by atoms with Gasteiger partial charge in [-0.2, -0.15) is 0 Å². The van der Waals surface area contributed by atoms with E-state index in [1.165, 1.54) is 4.90 Å². The van der Waals surface area contributed by atoms with Crippen molar-refractivity contribution in [3.63, 3.8) is 0 Å². The lowest BCUT2D eigenvalue weighted by atomic mass is 9.78. The number of cyclic esters (lactones) is 1. The van der Waals surface area contributed by atoms with E-state index in [9.17, 15) is 19.5 Å². The Balaban J connectivity index is 1.44. The number of hydrogen-bond donors (Lipinski definition) is 1. The first-order valence-corrected chi connectivity index (χ1v) is 11.3. The van der Waals surface area contributed by atoms with Gasteiger partial charge < -0.3 is 19.2 Å². The molecule has 2 aliphatic heterocycles. The largest absolute Gasteiger partial charge is 0.480 e. The van der Waals surface area contributed by atoms with Crippen LogP contribution in [0.2, 0.25) is 0 Å². The molecule has 3 heterocycles. The minimum Gasteiger partial charge on any atom is -0.480 e. The molecule has 172 valence electrons. The lowest BCUT2D eigenvalue weighted by Crippen LogP contribution is -2.75. The molecule has 1 N–H and O–H groups in total. The predicted octanol–water partition coefficient (Wildman–Crippen LogP) is 3.61. The summed E-state index contributed by atoms with van der Waals surface area (Å²) in [5.41, 5.74) is -1.25. The van der Waals surface area contributed by atoms with E-state index in [4.69, 9.17) is 9.15 Å². The Morgan fingerprint density at radius 1 is 1.18 bits per heavy atom. The zero-order chi connectivity index (χ0) is 23.3. The summed E-state index contributed by atoms with van der Waals surface area (Å²) in [5, 5.41) is 10.1. The Labute approximate surface area is 191 Å². The molecule has 1 aromatic heterocycles. The highest BCUT2D eigenvalue weighted by molar-refractivity contribution is 6.09. The van der Waals surface area contributed by atoms with Crippen LogP contribution in [0.1, 0.15) is 50.5 Å². The van der Waals surface area contributed by atoms with Gasteiger partial charge in [-0.3, -0.25) is 9.69 Å². The van der Waals surface area contributed by atoms with Gasteiger partial charge in [0.2, 0.25) is 5.91 Å². The van der Waals surface area contributed by atoms with E-state index in [2.05, 4.69) is 0 Å². The fourth-order valence-electron chi connectivity index (χ4n) is 6.61. The van der Waals surface area contributed by atoms with Crippen molar-refractivity contribution in [3.8, 4) is 0 Å². The highest BCUT2D eigenvalue weighted by atomic mass is 16.6. The Morgan fingerprint density at radius 3 is 2.48 bits per heavy atom. The second-order valence-corrected chi connectivity index (χ2v) is 10.7. The molecule has 2 saturated carbocycles. The number of β-lactam (4-membered cyclic amide) rings is 1. The second kappa shape index (κ2) is 6.18. The van der Waals surface area contributed by atoms with E-state index < -0.39 is 29.2 Å². The quantitative estimate of drug-likeness (QED) is 0.675. The van der Waals surface area contributed by atoms with Gasteiger partial charge in [0.25, 0.3) is 0 Å². The van der Waals surface area contributed by atoms with Crippen molar-refractivity contribution in [1.82, 2.24) is 9.80 Å². The van der Waals surface area contributed by atoms with Gasteiger partial charge in [0.1, 0.15) is 29.5 Å². The molecule has 1 spiro atoms. The highest BCUT2D eigenvalue weighted by Crippen LogP contribution is 2.98. The molecule has 0 radical (unpaired) electrons. The van der Waals surface area contributed by atoms with Crippen LogP contribution in [0.25, 0.3) is 0 Å². The monoisotopic (exact) mass is 450 g/mol. The summed E-state index contributed by atoms with van der Waals surface area (Å²) in [6.07, 6.45) is 1.34. The third kappa shape index (κ3) is 2.28. The zero-order valence-electron chi connectivity index (χ0n) is 18.7. The van der Waals surface area contributed by atoms with Gasteiger partial charge in [-0.05, 0) is 29.5 Å². The number of carboxylic acids is 1. The molecule has 1 aromatic carbocycles. The topological polar surface area (TPSA) is 100 Å². The molecule has 8 nitrogen and oxygen atoms in total. The summed E-state index contributed by atoms with van der Waals surface area (Å²) in [7, 11) is 0. The summed E-state index contributed by atoms with van der Waals surface area (Å²) in [5.74, 6) is -0.920. The third-order valence-electron chi connectivity index (χ3n) is 7.78. The number of hydrogen-bond acceptors (Lipinski definition) is 5. The molecule has 2 aromatic rings. The first kappa shape index (κ1) is 20.3. The minimum absolute atomic E-state index is 0.148. The van der Waals surface area contributed by atoms with Crippen molar-refractivity contribution in [2.45, 2.75) is 50.9 Å². The van der Waals surface area contributed by atoms with Gasteiger partial charge in [0, 0.05) is 11.8 Å². The Kier molecular flexibility index (Phi) is 3.81. The van der Waals surface area contributed by atoms with Gasteiger partial charge in [-0.15, -0.1) is 0 Å². The lowest BCUT2D eigenvalue weighted by Gasteiger charge is -2.56. The highest BCUT2D eigenvalue weighted by Gasteiger charge is 3.12. The number of ether oxygens (including phenoxy) is 1.